The van der Waals surface area contributed by atoms with Crippen molar-refractivity contribution in [1.82, 2.24) is 5.32 Å². The lowest BCUT2D eigenvalue weighted by Crippen LogP contribution is -2.24. The second-order valence-electron chi connectivity index (χ2n) is 5.25. The van der Waals surface area contributed by atoms with E-state index in [0.717, 1.165) is 36.7 Å². The van der Waals surface area contributed by atoms with Gasteiger partial charge in [-0.15, -0.1) is 0 Å². The third-order valence-corrected chi connectivity index (χ3v) is 3.02. The molecule has 0 aliphatic carbocycles. The van der Waals surface area contributed by atoms with Crippen LogP contribution in [0.5, 0.6) is 0 Å². The van der Waals surface area contributed by atoms with Crippen LogP contribution in [-0.2, 0) is 0 Å². The molecule has 0 atom stereocenters. The summed E-state index contributed by atoms with van der Waals surface area (Å²) in [7, 11) is 0. The van der Waals surface area contributed by atoms with Crippen molar-refractivity contribution < 1.29 is 4.79 Å². The Kier molecular flexibility index (Phi) is 7.01. The lowest BCUT2D eigenvalue weighted by Gasteiger charge is -2.08. The number of anilines is 1. The number of rotatable bonds is 8. The van der Waals surface area contributed by atoms with Crippen LogP contribution in [0.4, 0.5) is 5.69 Å². The van der Waals surface area contributed by atoms with Crippen LogP contribution in [-0.4, -0.2) is 19.0 Å². The Morgan fingerprint density at radius 2 is 1.84 bits per heavy atom. The number of unbranched alkanes of at least 4 members (excludes halogenated alkanes) is 1. The van der Waals surface area contributed by atoms with Crippen LogP contribution in [0.2, 0.25) is 0 Å². The summed E-state index contributed by atoms with van der Waals surface area (Å²) in [6.07, 6.45) is 3.46. The maximum absolute atomic E-state index is 11.9. The van der Waals surface area contributed by atoms with Gasteiger partial charge >= 0.3 is 0 Å². The number of benzene rings is 1. The van der Waals surface area contributed by atoms with Crippen molar-refractivity contribution in [3.63, 3.8) is 0 Å². The minimum absolute atomic E-state index is 0.0209. The molecule has 0 fully saturated rings. The predicted molar refractivity (Wildman–Crippen MR) is 81.6 cm³/mol. The van der Waals surface area contributed by atoms with Crippen molar-refractivity contribution in [2.75, 3.05) is 18.4 Å². The van der Waals surface area contributed by atoms with Crippen LogP contribution in [0, 0.1) is 5.92 Å². The molecule has 0 heterocycles. The molecule has 1 aromatic carbocycles. The minimum Gasteiger partial charge on any atom is -0.385 e. The summed E-state index contributed by atoms with van der Waals surface area (Å²) in [4.78, 5) is 11.9. The first-order valence-corrected chi connectivity index (χ1v) is 7.25. The fourth-order valence-corrected chi connectivity index (χ4v) is 1.93. The van der Waals surface area contributed by atoms with Crippen LogP contribution in [0.1, 0.15) is 50.4 Å². The minimum atomic E-state index is 0.0209. The summed E-state index contributed by atoms with van der Waals surface area (Å²) in [5.41, 5.74) is 1.78. The third kappa shape index (κ3) is 6.27. The molecule has 0 bridgehead atoms. The topological polar surface area (TPSA) is 41.1 Å². The molecule has 1 rings (SSSR count). The van der Waals surface area contributed by atoms with Gasteiger partial charge in [-0.05, 0) is 43.5 Å². The van der Waals surface area contributed by atoms with E-state index in [9.17, 15) is 4.79 Å². The van der Waals surface area contributed by atoms with E-state index in [1.165, 1.54) is 12.8 Å². The number of hydrogen-bond acceptors (Lipinski definition) is 2. The van der Waals surface area contributed by atoms with Crippen LogP contribution < -0.4 is 10.6 Å². The maximum Gasteiger partial charge on any atom is 0.251 e. The fourth-order valence-electron chi connectivity index (χ4n) is 1.93. The highest BCUT2D eigenvalue weighted by Crippen LogP contribution is 2.09. The van der Waals surface area contributed by atoms with Gasteiger partial charge in [0.1, 0.15) is 0 Å². The number of carbonyl (C=O) groups is 1. The van der Waals surface area contributed by atoms with Crippen molar-refractivity contribution in [2.24, 2.45) is 5.92 Å². The van der Waals surface area contributed by atoms with Crippen LogP contribution in [0.15, 0.2) is 24.3 Å². The second kappa shape index (κ2) is 8.57. The first-order chi connectivity index (χ1) is 9.13. The Morgan fingerprint density at radius 3 is 2.42 bits per heavy atom. The van der Waals surface area contributed by atoms with Crippen molar-refractivity contribution in [1.29, 1.82) is 0 Å². The van der Waals surface area contributed by atoms with E-state index in [1.807, 2.05) is 24.3 Å². The van der Waals surface area contributed by atoms with Crippen molar-refractivity contribution in [3.8, 4) is 0 Å². The van der Waals surface area contributed by atoms with Crippen LogP contribution >= 0.6 is 0 Å². The van der Waals surface area contributed by atoms with Crippen LogP contribution in [0.25, 0.3) is 0 Å². The molecule has 19 heavy (non-hydrogen) atoms. The molecule has 1 aromatic rings. The van der Waals surface area contributed by atoms with E-state index in [2.05, 4.69) is 31.4 Å². The highest BCUT2D eigenvalue weighted by molar-refractivity contribution is 5.94. The fraction of sp³-hybridized carbons (Fsp3) is 0.562. The molecule has 106 valence electrons. The zero-order chi connectivity index (χ0) is 14.1. The Balaban J connectivity index is 2.29. The standard InChI is InChI=1S/C16H26N2O/c1-4-17-15-10-8-14(9-11-15)16(19)18-12-6-5-7-13(2)3/h8-11,13,17H,4-7,12H2,1-3H3,(H,18,19). The van der Waals surface area contributed by atoms with Crippen LogP contribution in [0.3, 0.4) is 0 Å². The Hall–Kier alpha value is -1.51. The molecular weight excluding hydrogens is 236 g/mol. The van der Waals surface area contributed by atoms with Gasteiger partial charge in [0.15, 0.2) is 0 Å². The summed E-state index contributed by atoms with van der Waals surface area (Å²) in [6.45, 7) is 8.16. The number of amides is 1. The summed E-state index contributed by atoms with van der Waals surface area (Å²) >= 11 is 0. The average molecular weight is 262 g/mol. The molecule has 0 aliphatic rings. The second-order valence-corrected chi connectivity index (χ2v) is 5.25. The van der Waals surface area contributed by atoms with Gasteiger partial charge in [-0.3, -0.25) is 4.79 Å². The third-order valence-electron chi connectivity index (χ3n) is 3.02. The van der Waals surface area contributed by atoms with E-state index in [1.54, 1.807) is 0 Å². The van der Waals surface area contributed by atoms with Gasteiger partial charge in [0.05, 0.1) is 0 Å². The highest BCUT2D eigenvalue weighted by Gasteiger charge is 2.04. The largest absolute Gasteiger partial charge is 0.385 e. The first kappa shape index (κ1) is 15.5. The first-order valence-electron chi connectivity index (χ1n) is 7.25. The smallest absolute Gasteiger partial charge is 0.251 e. The molecule has 0 radical (unpaired) electrons. The van der Waals surface area contributed by atoms with E-state index in [0.29, 0.717) is 0 Å². The summed E-state index contributed by atoms with van der Waals surface area (Å²) in [6, 6.07) is 7.61. The van der Waals surface area contributed by atoms with E-state index < -0.39 is 0 Å². The molecule has 3 heteroatoms. The van der Waals surface area contributed by atoms with Crippen molar-refractivity contribution in [3.05, 3.63) is 29.8 Å². The molecule has 0 spiro atoms. The molecule has 0 aliphatic heterocycles. The zero-order valence-electron chi connectivity index (χ0n) is 12.3. The quantitative estimate of drug-likeness (QED) is 0.702. The number of carbonyl (C=O) groups excluding carboxylic acids is 1. The van der Waals surface area contributed by atoms with Gasteiger partial charge in [0, 0.05) is 24.3 Å². The lowest BCUT2D eigenvalue weighted by molar-refractivity contribution is 0.0953. The number of nitrogens with one attached hydrogen (secondary N) is 2. The molecule has 0 saturated heterocycles. The molecule has 2 N–H and O–H groups in total. The van der Waals surface area contributed by atoms with Crippen molar-refractivity contribution >= 4 is 11.6 Å². The molecule has 1 amide bonds. The molecule has 3 nitrogen and oxygen atoms in total. The van der Waals surface area contributed by atoms with Gasteiger partial charge in [-0.2, -0.15) is 0 Å². The SMILES string of the molecule is CCNc1ccc(C(=O)NCCCCC(C)C)cc1. The lowest BCUT2D eigenvalue weighted by atomic mass is 10.1. The highest BCUT2D eigenvalue weighted by atomic mass is 16.1. The zero-order valence-corrected chi connectivity index (χ0v) is 12.3. The van der Waals surface area contributed by atoms with Gasteiger partial charge < -0.3 is 10.6 Å². The van der Waals surface area contributed by atoms with Gasteiger partial charge in [0.2, 0.25) is 0 Å². The molecule has 0 aromatic heterocycles. The number of hydrogen-bond donors (Lipinski definition) is 2. The Bertz CT molecular complexity index is 371. The average Bonchev–Trinajstić information content (AvgIpc) is 2.39. The summed E-state index contributed by atoms with van der Waals surface area (Å²) in [5.74, 6) is 0.766. The van der Waals surface area contributed by atoms with E-state index in [-0.39, 0.29) is 5.91 Å². The molecular formula is C16H26N2O. The normalized spacial score (nSPS) is 10.5. The molecule has 0 unspecified atom stereocenters. The van der Waals surface area contributed by atoms with Gasteiger partial charge in [-0.1, -0.05) is 26.7 Å². The van der Waals surface area contributed by atoms with Gasteiger partial charge in [0.25, 0.3) is 5.91 Å². The molecule has 0 saturated carbocycles. The maximum atomic E-state index is 11.9. The Morgan fingerprint density at radius 1 is 1.16 bits per heavy atom. The van der Waals surface area contributed by atoms with E-state index >= 15 is 0 Å². The Labute approximate surface area is 116 Å². The van der Waals surface area contributed by atoms with Crippen molar-refractivity contribution in [2.45, 2.75) is 40.0 Å². The summed E-state index contributed by atoms with van der Waals surface area (Å²) in [5, 5.41) is 6.18. The van der Waals surface area contributed by atoms with E-state index in [4.69, 9.17) is 0 Å². The predicted octanol–water partition coefficient (Wildman–Crippen LogP) is 3.67. The monoisotopic (exact) mass is 262 g/mol. The van der Waals surface area contributed by atoms with Gasteiger partial charge in [-0.25, -0.2) is 0 Å². The summed E-state index contributed by atoms with van der Waals surface area (Å²) < 4.78 is 0.